The Kier molecular flexibility index (Phi) is 7.72. The fourth-order valence-corrected chi connectivity index (χ4v) is 4.94. The van der Waals surface area contributed by atoms with Crippen molar-refractivity contribution >= 4 is 16.0 Å². The summed E-state index contributed by atoms with van der Waals surface area (Å²) in [5.74, 6) is 0.0896. The topological polar surface area (TPSA) is 63.7 Å². The third-order valence-corrected chi connectivity index (χ3v) is 7.26. The maximum Gasteiger partial charge on any atom is 0.416 e. The summed E-state index contributed by atoms with van der Waals surface area (Å²) in [6.07, 6.45) is -0.0490. The molecule has 5 nitrogen and oxygen atoms in total. The Morgan fingerprint density at radius 3 is 2.42 bits per heavy atom. The number of nitrogens with zero attached hydrogens (tertiary/aromatic N) is 1. The Morgan fingerprint density at radius 1 is 1.12 bits per heavy atom. The predicted molar refractivity (Wildman–Crippen MR) is 118 cm³/mol. The van der Waals surface area contributed by atoms with Gasteiger partial charge in [0.25, 0.3) is 0 Å². The average molecular weight is 484 g/mol. The molecule has 1 atom stereocenters. The van der Waals surface area contributed by atoms with Gasteiger partial charge in [0.2, 0.25) is 5.91 Å². The Morgan fingerprint density at radius 2 is 1.79 bits per heavy atom. The zero-order valence-corrected chi connectivity index (χ0v) is 19.5. The molecule has 0 saturated heterocycles. The molecule has 1 saturated carbocycles. The summed E-state index contributed by atoms with van der Waals surface area (Å²) in [6, 6.07) is 9.71. The van der Waals surface area contributed by atoms with E-state index in [4.69, 9.17) is 4.18 Å². The quantitative estimate of drug-likeness (QED) is 0.446. The number of hydrogen-bond donors (Lipinski definition) is 0. The van der Waals surface area contributed by atoms with E-state index in [0.717, 1.165) is 50.3 Å². The highest BCUT2D eigenvalue weighted by Crippen LogP contribution is 2.32. The lowest BCUT2D eigenvalue weighted by Gasteiger charge is -2.31. The first-order valence-corrected chi connectivity index (χ1v) is 12.4. The first-order valence-electron chi connectivity index (χ1n) is 11.0. The van der Waals surface area contributed by atoms with Gasteiger partial charge in [-0.05, 0) is 62.1 Å². The summed E-state index contributed by atoms with van der Waals surface area (Å²) in [5.41, 5.74) is -0.395. The molecule has 0 heterocycles. The van der Waals surface area contributed by atoms with Gasteiger partial charge in [-0.25, -0.2) is 0 Å². The minimum atomic E-state index is -4.67. The van der Waals surface area contributed by atoms with Crippen LogP contribution in [-0.4, -0.2) is 25.3 Å². The molecule has 1 aliphatic carbocycles. The fraction of sp³-hybridized carbons (Fsp3) is 0.458. The molecule has 2 aromatic carbocycles. The van der Waals surface area contributed by atoms with Gasteiger partial charge in [-0.3, -0.25) is 4.79 Å². The van der Waals surface area contributed by atoms with E-state index in [0.29, 0.717) is 18.2 Å². The van der Waals surface area contributed by atoms with Crippen LogP contribution in [-0.2, 0) is 27.6 Å². The molecular weight excluding hydrogens is 455 g/mol. The molecule has 33 heavy (non-hydrogen) atoms. The highest BCUT2D eigenvalue weighted by molar-refractivity contribution is 7.87. The van der Waals surface area contributed by atoms with Gasteiger partial charge < -0.3 is 9.08 Å². The second-order valence-electron chi connectivity index (χ2n) is 8.42. The molecule has 180 valence electrons. The number of amides is 1. The monoisotopic (exact) mass is 483 g/mol. The van der Waals surface area contributed by atoms with E-state index < -0.39 is 26.8 Å². The number of carbonyl (C=O) groups excluding carboxylic acids is 1. The molecule has 0 aromatic heterocycles. The maximum atomic E-state index is 13.1. The molecule has 0 N–H and O–H groups in total. The summed E-state index contributed by atoms with van der Waals surface area (Å²) in [6.45, 7) is 4.28. The second kappa shape index (κ2) is 10.2. The first-order chi connectivity index (χ1) is 15.5. The standard InChI is InChI=1S/C24H28F3NO4S/c1-3-17(2)28(23(29)19-9-4-5-10-19)16-18-8-6-12-21(14-18)32-33(30,31)22-13-7-11-20(15-22)24(25,26)27/h6-8,11-15,17,19H,3-5,9-10,16H2,1-2H3. The highest BCUT2D eigenvalue weighted by atomic mass is 32.2. The van der Waals surface area contributed by atoms with Crippen molar-refractivity contribution in [2.24, 2.45) is 5.92 Å². The Hall–Kier alpha value is -2.55. The van der Waals surface area contributed by atoms with Crippen molar-refractivity contribution in [3.8, 4) is 5.75 Å². The van der Waals surface area contributed by atoms with Crippen molar-refractivity contribution < 1.29 is 30.6 Å². The van der Waals surface area contributed by atoms with Crippen LogP contribution in [0.2, 0.25) is 0 Å². The van der Waals surface area contributed by atoms with Crippen LogP contribution < -0.4 is 4.18 Å². The van der Waals surface area contributed by atoms with Crippen LogP contribution in [0.4, 0.5) is 13.2 Å². The van der Waals surface area contributed by atoms with Crippen molar-refractivity contribution in [1.29, 1.82) is 0 Å². The van der Waals surface area contributed by atoms with E-state index in [1.54, 1.807) is 12.1 Å². The number of benzene rings is 2. The van der Waals surface area contributed by atoms with Crippen LogP contribution in [0.15, 0.2) is 53.4 Å². The summed E-state index contributed by atoms with van der Waals surface area (Å²) >= 11 is 0. The van der Waals surface area contributed by atoms with Crippen molar-refractivity contribution in [2.45, 2.75) is 69.6 Å². The first kappa shape index (κ1) is 25.1. The molecule has 1 aliphatic rings. The van der Waals surface area contributed by atoms with Gasteiger partial charge >= 0.3 is 16.3 Å². The van der Waals surface area contributed by atoms with Crippen LogP contribution in [0.3, 0.4) is 0 Å². The van der Waals surface area contributed by atoms with E-state index in [2.05, 4.69) is 0 Å². The van der Waals surface area contributed by atoms with Crippen LogP contribution in [0, 0.1) is 5.92 Å². The van der Waals surface area contributed by atoms with Gasteiger partial charge in [0.1, 0.15) is 10.6 Å². The van der Waals surface area contributed by atoms with Crippen molar-refractivity contribution in [3.63, 3.8) is 0 Å². The molecule has 1 unspecified atom stereocenters. The van der Waals surface area contributed by atoms with Crippen molar-refractivity contribution in [2.75, 3.05) is 0 Å². The van der Waals surface area contributed by atoms with Crippen LogP contribution >= 0.6 is 0 Å². The molecule has 9 heteroatoms. The summed E-state index contributed by atoms with van der Waals surface area (Å²) < 4.78 is 69.2. The van der Waals surface area contributed by atoms with Gasteiger partial charge in [-0.15, -0.1) is 0 Å². The van der Waals surface area contributed by atoms with E-state index in [1.807, 2.05) is 18.7 Å². The average Bonchev–Trinajstić information content (AvgIpc) is 3.31. The lowest BCUT2D eigenvalue weighted by atomic mass is 10.0. The molecule has 2 aromatic rings. The maximum absolute atomic E-state index is 13.1. The second-order valence-corrected chi connectivity index (χ2v) is 9.96. The van der Waals surface area contributed by atoms with Crippen LogP contribution in [0.1, 0.15) is 57.1 Å². The zero-order chi connectivity index (χ0) is 24.2. The van der Waals surface area contributed by atoms with E-state index in [1.165, 1.54) is 12.1 Å². The van der Waals surface area contributed by atoms with Crippen LogP contribution in [0.5, 0.6) is 5.75 Å². The minimum absolute atomic E-state index is 0.0107. The number of carbonyl (C=O) groups is 1. The number of hydrogen-bond acceptors (Lipinski definition) is 4. The van der Waals surface area contributed by atoms with Crippen molar-refractivity contribution in [3.05, 3.63) is 59.7 Å². The largest absolute Gasteiger partial charge is 0.416 e. The third kappa shape index (κ3) is 6.28. The molecule has 0 radical (unpaired) electrons. The third-order valence-electron chi connectivity index (χ3n) is 6.02. The molecule has 0 bridgehead atoms. The van der Waals surface area contributed by atoms with Gasteiger partial charge in [-0.1, -0.05) is 38.0 Å². The van der Waals surface area contributed by atoms with Crippen LogP contribution in [0.25, 0.3) is 0 Å². The molecule has 1 fully saturated rings. The minimum Gasteiger partial charge on any atom is -0.379 e. The number of alkyl halides is 3. The van der Waals surface area contributed by atoms with Crippen molar-refractivity contribution in [1.82, 2.24) is 4.90 Å². The van der Waals surface area contributed by atoms with E-state index >= 15 is 0 Å². The SMILES string of the molecule is CCC(C)N(Cc1cccc(OS(=O)(=O)c2cccc(C(F)(F)F)c2)c1)C(=O)C1CCCC1. The van der Waals surface area contributed by atoms with Gasteiger partial charge in [0, 0.05) is 18.5 Å². The highest BCUT2D eigenvalue weighted by Gasteiger charge is 2.32. The lowest BCUT2D eigenvalue weighted by molar-refractivity contribution is -0.138. The molecule has 3 rings (SSSR count). The molecule has 0 spiro atoms. The number of rotatable bonds is 8. The molecule has 1 amide bonds. The Labute approximate surface area is 192 Å². The number of halogens is 3. The molecule has 0 aliphatic heterocycles. The van der Waals surface area contributed by atoms with E-state index in [-0.39, 0.29) is 23.6 Å². The predicted octanol–water partition coefficient (Wildman–Crippen LogP) is 5.79. The smallest absolute Gasteiger partial charge is 0.379 e. The lowest BCUT2D eigenvalue weighted by Crippen LogP contribution is -2.40. The Balaban J connectivity index is 1.80. The fourth-order valence-electron chi connectivity index (χ4n) is 3.97. The summed E-state index contributed by atoms with van der Waals surface area (Å²) in [4.78, 5) is 14.3. The van der Waals surface area contributed by atoms with E-state index in [9.17, 15) is 26.4 Å². The summed E-state index contributed by atoms with van der Waals surface area (Å²) in [5, 5.41) is 0. The summed E-state index contributed by atoms with van der Waals surface area (Å²) in [7, 11) is -4.47. The van der Waals surface area contributed by atoms with Gasteiger partial charge in [0.05, 0.1) is 5.56 Å². The Bertz CT molecular complexity index is 1080. The van der Waals surface area contributed by atoms with Gasteiger partial charge in [0.15, 0.2) is 0 Å². The van der Waals surface area contributed by atoms with Gasteiger partial charge in [-0.2, -0.15) is 21.6 Å². The normalized spacial score (nSPS) is 15.9. The molecular formula is C24H28F3NO4S. The zero-order valence-electron chi connectivity index (χ0n) is 18.6.